The number of aliphatic hydroxyl groups excluding tert-OH is 1. The number of rotatable bonds is 0. The number of ketones is 1. The molecule has 2 heteroatoms. The van der Waals surface area contributed by atoms with Gasteiger partial charge in [0.25, 0.3) is 0 Å². The van der Waals surface area contributed by atoms with Crippen LogP contribution in [0.15, 0.2) is 23.3 Å². The fourth-order valence-corrected chi connectivity index (χ4v) is 3.95. The summed E-state index contributed by atoms with van der Waals surface area (Å²) in [6, 6.07) is 0. The van der Waals surface area contributed by atoms with Crippen molar-refractivity contribution in [1.82, 2.24) is 0 Å². The summed E-state index contributed by atoms with van der Waals surface area (Å²) in [4.78, 5) is 12.5. The summed E-state index contributed by atoms with van der Waals surface area (Å²) in [5.41, 5.74) is 2.44. The van der Waals surface area contributed by atoms with Gasteiger partial charge in [-0.05, 0) is 49.0 Å². The number of hydrogen-bond acceptors (Lipinski definition) is 2. The molecule has 0 bridgehead atoms. The Morgan fingerprint density at radius 2 is 2.00 bits per heavy atom. The van der Waals surface area contributed by atoms with Crippen molar-refractivity contribution in [3.05, 3.63) is 23.3 Å². The molecule has 0 aromatic carbocycles. The van der Waals surface area contributed by atoms with Crippen molar-refractivity contribution < 1.29 is 9.90 Å². The molecule has 0 aromatic heterocycles. The molecule has 18 heavy (non-hydrogen) atoms. The number of Topliss-reactive ketones (excluding diaryl/α,β-unsaturated/α-hetero) is 1. The van der Waals surface area contributed by atoms with Crippen LogP contribution in [0.25, 0.3) is 0 Å². The van der Waals surface area contributed by atoms with Gasteiger partial charge >= 0.3 is 0 Å². The molecule has 3 atom stereocenters. The quantitative estimate of drug-likeness (QED) is 0.713. The number of carbonyl (C=O) groups is 1. The first-order chi connectivity index (χ1) is 8.50. The summed E-state index contributed by atoms with van der Waals surface area (Å²) in [5.74, 6) is 0.357. The van der Waals surface area contributed by atoms with E-state index in [0.717, 1.165) is 19.3 Å². The summed E-state index contributed by atoms with van der Waals surface area (Å²) in [7, 11) is 0. The number of fused-ring (bicyclic) bond motifs is 2. The van der Waals surface area contributed by atoms with Crippen LogP contribution in [0, 0.1) is 17.3 Å². The van der Waals surface area contributed by atoms with E-state index in [2.05, 4.69) is 12.2 Å². The Morgan fingerprint density at radius 1 is 1.28 bits per heavy atom. The third-order valence-corrected chi connectivity index (χ3v) is 4.98. The molecule has 1 N–H and O–H groups in total. The Bertz CT molecular complexity index is 442. The summed E-state index contributed by atoms with van der Waals surface area (Å²) in [5, 5.41) is 10.2. The van der Waals surface area contributed by atoms with Gasteiger partial charge in [0, 0.05) is 5.92 Å². The van der Waals surface area contributed by atoms with Gasteiger partial charge in [-0.3, -0.25) is 4.79 Å². The highest BCUT2D eigenvalue weighted by molar-refractivity contribution is 5.90. The predicted octanol–water partition coefficient (Wildman–Crippen LogP) is 3.02. The maximum atomic E-state index is 12.5. The van der Waals surface area contributed by atoms with Gasteiger partial charge in [-0.15, -0.1) is 0 Å². The molecule has 0 radical (unpaired) electrons. The monoisotopic (exact) mass is 246 g/mol. The minimum atomic E-state index is -0.791. The molecule has 3 aliphatic carbocycles. The van der Waals surface area contributed by atoms with E-state index in [1.165, 1.54) is 24.0 Å². The first-order valence-electron chi connectivity index (χ1n) is 7.12. The van der Waals surface area contributed by atoms with E-state index in [4.69, 9.17) is 0 Å². The van der Waals surface area contributed by atoms with Crippen molar-refractivity contribution in [3.63, 3.8) is 0 Å². The molecular formula is C16H22O2. The largest absolute Gasteiger partial charge is 0.385 e. The number of hydrogen-bond donors (Lipinski definition) is 1. The normalized spacial score (nSPS) is 38.4. The van der Waals surface area contributed by atoms with Crippen molar-refractivity contribution in [3.8, 4) is 0 Å². The summed E-state index contributed by atoms with van der Waals surface area (Å²) >= 11 is 0. The Morgan fingerprint density at radius 3 is 2.78 bits per heavy atom. The van der Waals surface area contributed by atoms with Gasteiger partial charge in [-0.25, -0.2) is 0 Å². The number of aliphatic hydroxyl groups is 1. The van der Waals surface area contributed by atoms with Crippen LogP contribution in [0.2, 0.25) is 0 Å². The van der Waals surface area contributed by atoms with E-state index in [0.29, 0.717) is 5.92 Å². The zero-order chi connectivity index (χ0) is 12.9. The highest BCUT2D eigenvalue weighted by atomic mass is 16.3. The highest BCUT2D eigenvalue weighted by Gasteiger charge is 2.48. The van der Waals surface area contributed by atoms with Crippen LogP contribution in [-0.4, -0.2) is 17.0 Å². The lowest BCUT2D eigenvalue weighted by atomic mass is 9.59. The van der Waals surface area contributed by atoms with Crippen LogP contribution in [0.5, 0.6) is 0 Å². The molecule has 1 fully saturated rings. The smallest absolute Gasteiger partial charge is 0.169 e. The third-order valence-electron chi connectivity index (χ3n) is 4.98. The van der Waals surface area contributed by atoms with E-state index in [1.54, 1.807) is 0 Å². The van der Waals surface area contributed by atoms with Crippen molar-refractivity contribution in [2.45, 2.75) is 52.1 Å². The molecule has 98 valence electrons. The van der Waals surface area contributed by atoms with Gasteiger partial charge in [0.05, 0.1) is 0 Å². The number of carbonyl (C=O) groups excluding carboxylic acids is 1. The zero-order valence-corrected chi connectivity index (χ0v) is 11.3. The van der Waals surface area contributed by atoms with Crippen LogP contribution in [0.4, 0.5) is 0 Å². The molecule has 0 heterocycles. The van der Waals surface area contributed by atoms with Gasteiger partial charge in [-0.1, -0.05) is 31.6 Å². The average molecular weight is 246 g/mol. The van der Waals surface area contributed by atoms with E-state index in [9.17, 15) is 9.90 Å². The maximum Gasteiger partial charge on any atom is 0.169 e. The van der Waals surface area contributed by atoms with Crippen LogP contribution in [0.3, 0.4) is 0 Å². The fourth-order valence-electron chi connectivity index (χ4n) is 3.95. The van der Waals surface area contributed by atoms with Crippen molar-refractivity contribution in [2.75, 3.05) is 0 Å². The predicted molar refractivity (Wildman–Crippen MR) is 71.0 cm³/mol. The molecule has 0 spiro atoms. The molecule has 3 rings (SSSR count). The Hall–Kier alpha value is -0.890. The molecule has 0 aliphatic heterocycles. The summed E-state index contributed by atoms with van der Waals surface area (Å²) in [6.07, 6.45) is 9.20. The molecular weight excluding hydrogens is 224 g/mol. The van der Waals surface area contributed by atoms with E-state index < -0.39 is 6.10 Å². The minimum Gasteiger partial charge on any atom is -0.385 e. The summed E-state index contributed by atoms with van der Waals surface area (Å²) in [6.45, 7) is 4.01. The molecule has 3 unspecified atom stereocenters. The molecule has 2 nitrogen and oxygen atoms in total. The van der Waals surface area contributed by atoms with Crippen molar-refractivity contribution in [1.29, 1.82) is 0 Å². The molecule has 3 aliphatic rings. The van der Waals surface area contributed by atoms with Gasteiger partial charge in [0.1, 0.15) is 6.10 Å². The lowest BCUT2D eigenvalue weighted by Crippen LogP contribution is -2.50. The van der Waals surface area contributed by atoms with Gasteiger partial charge in [0.15, 0.2) is 5.78 Å². The maximum absolute atomic E-state index is 12.5. The first-order valence-corrected chi connectivity index (χ1v) is 7.12. The summed E-state index contributed by atoms with van der Waals surface area (Å²) < 4.78 is 0. The van der Waals surface area contributed by atoms with Gasteiger partial charge < -0.3 is 5.11 Å². The van der Waals surface area contributed by atoms with Crippen LogP contribution < -0.4 is 0 Å². The molecule has 0 aromatic rings. The SMILES string of the molecule is CC1(C)CC2C=CC3=C(CCCC3)C2C(=O)C1O. The van der Waals surface area contributed by atoms with Crippen molar-refractivity contribution >= 4 is 5.78 Å². The Labute approximate surface area is 109 Å². The van der Waals surface area contributed by atoms with Gasteiger partial charge in [-0.2, -0.15) is 0 Å². The van der Waals surface area contributed by atoms with E-state index in [1.807, 2.05) is 13.8 Å². The second kappa shape index (κ2) is 4.06. The number of allylic oxidation sites excluding steroid dienone is 4. The second-order valence-electron chi connectivity index (χ2n) is 6.76. The Balaban J connectivity index is 1.99. The highest BCUT2D eigenvalue weighted by Crippen LogP contribution is 2.48. The molecule has 0 saturated heterocycles. The fraction of sp³-hybridized carbons (Fsp3) is 0.688. The molecule has 1 saturated carbocycles. The Kier molecular flexibility index (Phi) is 2.74. The molecule has 0 amide bonds. The van der Waals surface area contributed by atoms with Crippen molar-refractivity contribution in [2.24, 2.45) is 17.3 Å². The van der Waals surface area contributed by atoms with E-state index in [-0.39, 0.29) is 17.1 Å². The third kappa shape index (κ3) is 1.70. The van der Waals surface area contributed by atoms with Crippen LogP contribution in [-0.2, 0) is 4.79 Å². The van der Waals surface area contributed by atoms with Crippen LogP contribution >= 0.6 is 0 Å². The minimum absolute atomic E-state index is 0.0201. The second-order valence-corrected chi connectivity index (χ2v) is 6.76. The first kappa shape index (κ1) is 12.2. The van der Waals surface area contributed by atoms with Crippen LogP contribution in [0.1, 0.15) is 46.0 Å². The average Bonchev–Trinajstić information content (AvgIpc) is 2.35. The zero-order valence-electron chi connectivity index (χ0n) is 11.3. The van der Waals surface area contributed by atoms with E-state index >= 15 is 0 Å². The standard InChI is InChI=1S/C16H22O2/c1-16(2)9-11-8-7-10-5-3-4-6-12(10)13(11)14(17)15(16)18/h7-8,11,13,15,18H,3-6,9H2,1-2H3. The lowest BCUT2D eigenvalue weighted by molar-refractivity contribution is -0.143. The van der Waals surface area contributed by atoms with Gasteiger partial charge in [0.2, 0.25) is 0 Å². The lowest BCUT2D eigenvalue weighted by Gasteiger charge is -2.45. The topological polar surface area (TPSA) is 37.3 Å².